The Morgan fingerprint density at radius 3 is 2.52 bits per heavy atom. The molecule has 4 rings (SSSR count). The van der Waals surface area contributed by atoms with E-state index in [0.29, 0.717) is 29.4 Å². The van der Waals surface area contributed by atoms with Gasteiger partial charge in [0, 0.05) is 16.9 Å². The molecule has 0 fully saturated rings. The molecule has 0 saturated carbocycles. The van der Waals surface area contributed by atoms with Crippen LogP contribution in [0.25, 0.3) is 11.5 Å². The summed E-state index contributed by atoms with van der Waals surface area (Å²) < 4.78 is 13.1. The number of rotatable bonds is 6. The van der Waals surface area contributed by atoms with E-state index in [4.69, 9.17) is 9.15 Å². The zero-order chi connectivity index (χ0) is 22.0. The van der Waals surface area contributed by atoms with Gasteiger partial charge in [-0.2, -0.15) is 5.10 Å². The average molecular weight is 416 g/mol. The number of anilines is 1. The fourth-order valence-corrected chi connectivity index (χ4v) is 3.40. The van der Waals surface area contributed by atoms with E-state index < -0.39 is 0 Å². The van der Waals surface area contributed by atoms with Crippen molar-refractivity contribution in [1.29, 1.82) is 0 Å². The van der Waals surface area contributed by atoms with Crippen LogP contribution in [0.5, 0.6) is 5.75 Å². The van der Waals surface area contributed by atoms with Crippen molar-refractivity contribution in [2.75, 3.05) is 12.4 Å². The molecule has 158 valence electrons. The number of oxazole rings is 1. The zero-order valence-corrected chi connectivity index (χ0v) is 18.0. The molecule has 1 N–H and O–H groups in total. The Kier molecular flexibility index (Phi) is 5.58. The van der Waals surface area contributed by atoms with Gasteiger partial charge in [-0.1, -0.05) is 12.1 Å². The first kappa shape index (κ1) is 20.4. The molecule has 4 aromatic rings. The van der Waals surface area contributed by atoms with Crippen molar-refractivity contribution in [2.24, 2.45) is 0 Å². The molecular formula is C24H24N4O3. The molecular weight excluding hydrogens is 392 g/mol. The maximum atomic E-state index is 12.6. The lowest BCUT2D eigenvalue weighted by molar-refractivity contribution is 0.102. The number of benzene rings is 2. The zero-order valence-electron chi connectivity index (χ0n) is 18.0. The fourth-order valence-electron chi connectivity index (χ4n) is 3.40. The highest BCUT2D eigenvalue weighted by Crippen LogP contribution is 2.25. The van der Waals surface area contributed by atoms with Crippen LogP contribution in [0.1, 0.15) is 33.2 Å². The van der Waals surface area contributed by atoms with E-state index in [1.165, 1.54) is 0 Å². The summed E-state index contributed by atoms with van der Waals surface area (Å²) in [5.41, 5.74) is 4.88. The van der Waals surface area contributed by atoms with Crippen molar-refractivity contribution in [3.05, 3.63) is 83.0 Å². The summed E-state index contributed by atoms with van der Waals surface area (Å²) in [6.45, 7) is 6.45. The van der Waals surface area contributed by atoms with Gasteiger partial charge >= 0.3 is 0 Å². The molecule has 1 amide bonds. The van der Waals surface area contributed by atoms with Crippen molar-refractivity contribution in [2.45, 2.75) is 27.3 Å². The van der Waals surface area contributed by atoms with Gasteiger partial charge in [0.15, 0.2) is 0 Å². The number of ether oxygens (including phenoxy) is 1. The maximum absolute atomic E-state index is 12.6. The number of hydrogen-bond acceptors (Lipinski definition) is 5. The van der Waals surface area contributed by atoms with Crippen LogP contribution in [-0.2, 0) is 6.54 Å². The molecule has 2 aromatic heterocycles. The summed E-state index contributed by atoms with van der Waals surface area (Å²) in [6, 6.07) is 16.5. The summed E-state index contributed by atoms with van der Waals surface area (Å²) in [4.78, 5) is 17.2. The third-order valence-corrected chi connectivity index (χ3v) is 5.04. The first-order valence-electron chi connectivity index (χ1n) is 9.97. The van der Waals surface area contributed by atoms with Crippen LogP contribution in [-0.4, -0.2) is 27.8 Å². The third kappa shape index (κ3) is 4.35. The molecule has 7 heteroatoms. The molecule has 0 aliphatic rings. The van der Waals surface area contributed by atoms with Gasteiger partial charge in [-0.25, -0.2) is 4.98 Å². The van der Waals surface area contributed by atoms with Crippen molar-refractivity contribution < 1.29 is 13.9 Å². The number of methoxy groups -OCH3 is 1. The van der Waals surface area contributed by atoms with E-state index in [0.717, 1.165) is 28.4 Å². The van der Waals surface area contributed by atoms with Gasteiger partial charge < -0.3 is 14.5 Å². The van der Waals surface area contributed by atoms with Gasteiger partial charge in [0.25, 0.3) is 5.91 Å². The predicted molar refractivity (Wildman–Crippen MR) is 118 cm³/mol. The molecule has 7 nitrogen and oxygen atoms in total. The van der Waals surface area contributed by atoms with Gasteiger partial charge in [0.1, 0.15) is 17.2 Å². The lowest BCUT2D eigenvalue weighted by atomic mass is 10.1. The molecule has 0 aliphatic heterocycles. The highest BCUT2D eigenvalue weighted by atomic mass is 16.5. The minimum atomic E-state index is -0.232. The topological polar surface area (TPSA) is 82.2 Å². The predicted octanol–water partition coefficient (Wildman–Crippen LogP) is 4.77. The molecule has 0 saturated heterocycles. The largest absolute Gasteiger partial charge is 0.496 e. The SMILES string of the molecule is COc1ccccc1C(=O)Nc1ccc(-c2nc(Cn3nc(C)cc3C)c(C)o2)cc1. The summed E-state index contributed by atoms with van der Waals surface area (Å²) >= 11 is 0. The molecule has 2 heterocycles. The molecule has 0 atom stereocenters. The number of hydrogen-bond donors (Lipinski definition) is 1. The number of para-hydroxylation sites is 1. The molecule has 0 unspecified atom stereocenters. The monoisotopic (exact) mass is 416 g/mol. The fraction of sp³-hybridized carbons (Fsp3) is 0.208. The molecule has 0 radical (unpaired) electrons. The van der Waals surface area contributed by atoms with Crippen molar-refractivity contribution in [1.82, 2.24) is 14.8 Å². The van der Waals surface area contributed by atoms with Crippen LogP contribution in [0.4, 0.5) is 5.69 Å². The quantitative estimate of drug-likeness (QED) is 0.489. The third-order valence-electron chi connectivity index (χ3n) is 5.04. The Morgan fingerprint density at radius 2 is 1.84 bits per heavy atom. The van der Waals surface area contributed by atoms with Crippen molar-refractivity contribution in [3.8, 4) is 17.2 Å². The number of aromatic nitrogens is 3. The van der Waals surface area contributed by atoms with Gasteiger partial charge in [0.05, 0.1) is 24.9 Å². The van der Waals surface area contributed by atoms with Gasteiger partial charge in [-0.3, -0.25) is 9.48 Å². The van der Waals surface area contributed by atoms with E-state index in [-0.39, 0.29) is 5.91 Å². The lowest BCUT2D eigenvalue weighted by Crippen LogP contribution is -2.12. The highest BCUT2D eigenvalue weighted by Gasteiger charge is 2.15. The van der Waals surface area contributed by atoms with E-state index in [1.54, 1.807) is 25.3 Å². The number of carbonyl (C=O) groups excluding carboxylic acids is 1. The summed E-state index contributed by atoms with van der Waals surface area (Å²) in [5, 5.41) is 7.38. The Morgan fingerprint density at radius 1 is 1.10 bits per heavy atom. The van der Waals surface area contributed by atoms with E-state index in [1.807, 2.05) is 61.9 Å². The maximum Gasteiger partial charge on any atom is 0.259 e. The first-order valence-corrected chi connectivity index (χ1v) is 9.97. The lowest BCUT2D eigenvalue weighted by Gasteiger charge is -2.09. The normalized spacial score (nSPS) is 10.8. The second-order valence-electron chi connectivity index (χ2n) is 7.34. The Hall–Kier alpha value is -3.87. The van der Waals surface area contributed by atoms with Crippen LogP contribution in [0.3, 0.4) is 0 Å². The van der Waals surface area contributed by atoms with Crippen LogP contribution in [0.15, 0.2) is 59.0 Å². The second-order valence-corrected chi connectivity index (χ2v) is 7.34. The summed E-state index contributed by atoms with van der Waals surface area (Å²) in [7, 11) is 1.54. The van der Waals surface area contributed by atoms with Gasteiger partial charge in [0.2, 0.25) is 5.89 Å². The minimum absolute atomic E-state index is 0.232. The molecule has 31 heavy (non-hydrogen) atoms. The number of nitrogens with zero attached hydrogens (tertiary/aromatic N) is 3. The molecule has 0 aliphatic carbocycles. The smallest absolute Gasteiger partial charge is 0.259 e. The molecule has 0 bridgehead atoms. The number of carbonyl (C=O) groups is 1. The first-order chi connectivity index (χ1) is 14.9. The van der Waals surface area contributed by atoms with Gasteiger partial charge in [-0.05, 0) is 63.2 Å². The highest BCUT2D eigenvalue weighted by molar-refractivity contribution is 6.06. The van der Waals surface area contributed by atoms with Crippen LogP contribution in [0.2, 0.25) is 0 Å². The molecule has 0 spiro atoms. The number of amides is 1. The van der Waals surface area contributed by atoms with Gasteiger partial charge in [-0.15, -0.1) is 0 Å². The number of nitrogens with one attached hydrogen (secondary N) is 1. The van der Waals surface area contributed by atoms with Crippen molar-refractivity contribution >= 4 is 11.6 Å². The van der Waals surface area contributed by atoms with Crippen LogP contribution < -0.4 is 10.1 Å². The second kappa shape index (κ2) is 8.47. The number of aryl methyl sites for hydroxylation is 3. The average Bonchev–Trinajstić information content (AvgIpc) is 3.29. The summed E-state index contributed by atoms with van der Waals surface area (Å²) in [6.07, 6.45) is 0. The van der Waals surface area contributed by atoms with E-state index in [2.05, 4.69) is 15.4 Å². The van der Waals surface area contributed by atoms with Crippen LogP contribution in [0, 0.1) is 20.8 Å². The standard InChI is InChI=1S/C24H24N4O3/c1-15-13-16(2)28(27-15)14-21-17(3)31-24(26-21)18-9-11-19(12-10-18)25-23(29)20-7-5-6-8-22(20)30-4/h5-13H,14H2,1-4H3,(H,25,29). The summed E-state index contributed by atoms with van der Waals surface area (Å²) in [5.74, 6) is 1.60. The molecule has 2 aromatic carbocycles. The Labute approximate surface area is 180 Å². The van der Waals surface area contributed by atoms with Crippen LogP contribution >= 0.6 is 0 Å². The van der Waals surface area contributed by atoms with Crippen molar-refractivity contribution in [3.63, 3.8) is 0 Å². The van der Waals surface area contributed by atoms with E-state index >= 15 is 0 Å². The minimum Gasteiger partial charge on any atom is -0.496 e. The Balaban J connectivity index is 1.49. The Bertz CT molecular complexity index is 1220. The van der Waals surface area contributed by atoms with E-state index in [9.17, 15) is 4.79 Å².